The van der Waals surface area contributed by atoms with Crippen molar-refractivity contribution in [3.8, 4) is 11.3 Å². The number of hydrogen-bond donors (Lipinski definition) is 1. The molecule has 1 N–H and O–H groups in total. The van der Waals surface area contributed by atoms with Crippen LogP contribution < -0.4 is 5.32 Å². The molecule has 1 heterocycles. The minimum atomic E-state index is -0.579. The number of ether oxygens (including phenoxy) is 1. The molecular formula is C19H25F2N3O. The van der Waals surface area contributed by atoms with Crippen molar-refractivity contribution < 1.29 is 13.5 Å². The molecule has 1 aliphatic rings. The lowest BCUT2D eigenvalue weighted by Crippen LogP contribution is -2.34. The quantitative estimate of drug-likeness (QED) is 0.894. The summed E-state index contributed by atoms with van der Waals surface area (Å²) >= 11 is 0. The van der Waals surface area contributed by atoms with Crippen LogP contribution >= 0.6 is 0 Å². The smallest absolute Gasteiger partial charge is 0.126 e. The Bertz CT molecular complexity index is 716. The van der Waals surface area contributed by atoms with Gasteiger partial charge in [0.1, 0.15) is 11.6 Å². The molecule has 3 rings (SSSR count). The predicted molar refractivity (Wildman–Crippen MR) is 93.2 cm³/mol. The van der Waals surface area contributed by atoms with Gasteiger partial charge in [-0.3, -0.25) is 4.68 Å². The fourth-order valence-electron chi connectivity index (χ4n) is 3.69. The Hall–Kier alpha value is -1.79. The molecule has 0 saturated heterocycles. The molecular weight excluding hydrogens is 324 g/mol. The first kappa shape index (κ1) is 18.0. The molecule has 0 aliphatic heterocycles. The zero-order valence-electron chi connectivity index (χ0n) is 15.0. The van der Waals surface area contributed by atoms with E-state index in [-0.39, 0.29) is 0 Å². The van der Waals surface area contributed by atoms with E-state index in [1.54, 1.807) is 18.8 Å². The standard InChI is InChI=1S/C19H25F2N3O/c1-12-18(11-22-16-4-6-17(25-3)7-5-16)23-24(2)19(12)13-8-14(20)10-15(21)9-13/h8-10,16-17,22H,4-7,11H2,1-3H3. The molecule has 0 atom stereocenters. The third-order valence-electron chi connectivity index (χ3n) is 5.08. The van der Waals surface area contributed by atoms with Crippen LogP contribution in [0.5, 0.6) is 0 Å². The number of hydrogen-bond acceptors (Lipinski definition) is 3. The summed E-state index contributed by atoms with van der Waals surface area (Å²) in [7, 11) is 3.57. The van der Waals surface area contributed by atoms with Crippen molar-refractivity contribution in [3.63, 3.8) is 0 Å². The number of rotatable bonds is 5. The average Bonchev–Trinajstić information content (AvgIpc) is 2.86. The Balaban J connectivity index is 1.72. The van der Waals surface area contributed by atoms with E-state index in [0.717, 1.165) is 48.7 Å². The summed E-state index contributed by atoms with van der Waals surface area (Å²) in [5.74, 6) is -1.16. The predicted octanol–water partition coefficient (Wildman–Crippen LogP) is 3.72. The van der Waals surface area contributed by atoms with Gasteiger partial charge in [-0.25, -0.2) is 8.78 Å². The average molecular weight is 349 g/mol. The van der Waals surface area contributed by atoms with Crippen molar-refractivity contribution in [1.29, 1.82) is 0 Å². The van der Waals surface area contributed by atoms with Gasteiger partial charge in [0.2, 0.25) is 0 Å². The summed E-state index contributed by atoms with van der Waals surface area (Å²) in [5, 5.41) is 8.10. The van der Waals surface area contributed by atoms with Gasteiger partial charge < -0.3 is 10.1 Å². The number of methoxy groups -OCH3 is 1. The zero-order chi connectivity index (χ0) is 18.0. The number of halogens is 2. The van der Waals surface area contributed by atoms with Gasteiger partial charge in [0.25, 0.3) is 0 Å². The number of benzene rings is 1. The minimum absolute atomic E-state index is 0.379. The van der Waals surface area contributed by atoms with Crippen molar-refractivity contribution in [1.82, 2.24) is 15.1 Å². The highest BCUT2D eigenvalue weighted by Gasteiger charge is 2.21. The van der Waals surface area contributed by atoms with Crippen LogP contribution in [0.1, 0.15) is 36.9 Å². The molecule has 0 amide bonds. The zero-order valence-corrected chi connectivity index (χ0v) is 15.0. The first-order chi connectivity index (χ1) is 12.0. The summed E-state index contributed by atoms with van der Waals surface area (Å²) < 4.78 is 34.2. The molecule has 1 aromatic carbocycles. The molecule has 25 heavy (non-hydrogen) atoms. The molecule has 1 aromatic heterocycles. The van der Waals surface area contributed by atoms with E-state index < -0.39 is 11.6 Å². The maximum absolute atomic E-state index is 13.5. The van der Waals surface area contributed by atoms with Crippen LogP contribution in [0.4, 0.5) is 8.78 Å². The van der Waals surface area contributed by atoms with Gasteiger partial charge in [0.05, 0.1) is 17.5 Å². The Morgan fingerprint density at radius 2 is 1.80 bits per heavy atom. The molecule has 6 heteroatoms. The number of aryl methyl sites for hydroxylation is 1. The van der Waals surface area contributed by atoms with Crippen LogP contribution in [0.2, 0.25) is 0 Å². The van der Waals surface area contributed by atoms with Crippen LogP contribution in [-0.2, 0) is 18.3 Å². The van der Waals surface area contributed by atoms with E-state index in [4.69, 9.17) is 4.74 Å². The van der Waals surface area contributed by atoms with Crippen molar-refractivity contribution in [2.75, 3.05) is 7.11 Å². The van der Waals surface area contributed by atoms with E-state index in [9.17, 15) is 8.78 Å². The van der Waals surface area contributed by atoms with Crippen molar-refractivity contribution in [2.45, 2.75) is 51.3 Å². The van der Waals surface area contributed by atoms with Crippen LogP contribution in [0, 0.1) is 18.6 Å². The number of nitrogens with zero attached hydrogens (tertiary/aromatic N) is 2. The van der Waals surface area contributed by atoms with E-state index in [0.29, 0.717) is 24.3 Å². The lowest BCUT2D eigenvalue weighted by atomic mass is 9.93. The highest BCUT2D eigenvalue weighted by atomic mass is 19.1. The lowest BCUT2D eigenvalue weighted by molar-refractivity contribution is 0.0623. The van der Waals surface area contributed by atoms with Gasteiger partial charge in [-0.1, -0.05) is 0 Å². The summed E-state index contributed by atoms with van der Waals surface area (Å²) in [6, 6.07) is 4.03. The third kappa shape index (κ3) is 4.07. The van der Waals surface area contributed by atoms with Crippen LogP contribution in [0.25, 0.3) is 11.3 Å². The molecule has 2 aromatic rings. The molecule has 136 valence electrons. The highest BCUT2D eigenvalue weighted by molar-refractivity contribution is 5.64. The van der Waals surface area contributed by atoms with E-state index in [1.807, 2.05) is 6.92 Å². The molecule has 1 saturated carbocycles. The molecule has 4 nitrogen and oxygen atoms in total. The summed E-state index contributed by atoms with van der Waals surface area (Å²) in [6.45, 7) is 2.60. The van der Waals surface area contributed by atoms with Gasteiger partial charge >= 0.3 is 0 Å². The van der Waals surface area contributed by atoms with Gasteiger partial charge in [-0.05, 0) is 50.3 Å². The Labute approximate surface area is 147 Å². The van der Waals surface area contributed by atoms with Gasteiger partial charge in [-0.2, -0.15) is 5.10 Å². The molecule has 1 aliphatic carbocycles. The molecule has 0 bridgehead atoms. The van der Waals surface area contributed by atoms with E-state index in [2.05, 4.69) is 10.4 Å². The fourth-order valence-corrected chi connectivity index (χ4v) is 3.69. The van der Waals surface area contributed by atoms with Gasteiger partial charge in [0.15, 0.2) is 0 Å². The number of aromatic nitrogens is 2. The molecule has 1 fully saturated rings. The van der Waals surface area contributed by atoms with Crippen molar-refractivity contribution in [3.05, 3.63) is 41.1 Å². The normalized spacial score (nSPS) is 20.8. The van der Waals surface area contributed by atoms with Crippen molar-refractivity contribution >= 4 is 0 Å². The number of nitrogens with one attached hydrogen (secondary N) is 1. The SMILES string of the molecule is COC1CCC(NCc2nn(C)c(-c3cc(F)cc(F)c3)c2C)CC1. The second kappa shape index (κ2) is 7.62. The first-order valence-corrected chi connectivity index (χ1v) is 8.73. The topological polar surface area (TPSA) is 39.1 Å². The molecule has 0 radical (unpaired) electrons. The Morgan fingerprint density at radius 3 is 2.40 bits per heavy atom. The van der Waals surface area contributed by atoms with E-state index >= 15 is 0 Å². The third-order valence-corrected chi connectivity index (χ3v) is 5.08. The van der Waals surface area contributed by atoms with Gasteiger partial charge in [0, 0.05) is 38.4 Å². The maximum Gasteiger partial charge on any atom is 0.126 e. The Kier molecular flexibility index (Phi) is 5.49. The van der Waals surface area contributed by atoms with Crippen LogP contribution in [0.15, 0.2) is 18.2 Å². The fraction of sp³-hybridized carbons (Fsp3) is 0.526. The summed E-state index contributed by atoms with van der Waals surface area (Å²) in [4.78, 5) is 0. The van der Waals surface area contributed by atoms with E-state index in [1.165, 1.54) is 12.1 Å². The summed E-state index contributed by atoms with van der Waals surface area (Å²) in [6.07, 6.45) is 4.70. The largest absolute Gasteiger partial charge is 0.381 e. The maximum atomic E-state index is 13.5. The van der Waals surface area contributed by atoms with Crippen LogP contribution in [-0.4, -0.2) is 29.0 Å². The van der Waals surface area contributed by atoms with Crippen molar-refractivity contribution in [2.24, 2.45) is 7.05 Å². The van der Waals surface area contributed by atoms with Crippen LogP contribution in [0.3, 0.4) is 0 Å². The molecule has 0 spiro atoms. The first-order valence-electron chi connectivity index (χ1n) is 8.73. The highest BCUT2D eigenvalue weighted by Crippen LogP contribution is 2.27. The lowest BCUT2D eigenvalue weighted by Gasteiger charge is -2.28. The Morgan fingerprint density at radius 1 is 1.16 bits per heavy atom. The molecule has 0 unspecified atom stereocenters. The second-order valence-corrected chi connectivity index (χ2v) is 6.79. The minimum Gasteiger partial charge on any atom is -0.381 e. The second-order valence-electron chi connectivity index (χ2n) is 6.79. The summed E-state index contributed by atoms with van der Waals surface area (Å²) in [5.41, 5.74) is 3.12. The monoisotopic (exact) mass is 349 g/mol. The van der Waals surface area contributed by atoms with Gasteiger partial charge in [-0.15, -0.1) is 0 Å².